The number of nitrogens with two attached hydrogens (primary N) is 1. The Labute approximate surface area is 506 Å². The number of carboxylic acids is 1. The number of aliphatic hydroxyl groups excluding tert-OH is 3. The summed E-state index contributed by atoms with van der Waals surface area (Å²) in [6.45, 7) is 10.8. The van der Waals surface area contributed by atoms with Gasteiger partial charge in [-0.2, -0.15) is 0 Å². The Bertz CT molecular complexity index is 2900. The van der Waals surface area contributed by atoms with Crippen LogP contribution in [-0.2, 0) is 67.2 Å². The predicted octanol–water partition coefficient (Wildman–Crippen LogP) is 3.58. The van der Waals surface area contributed by atoms with Crippen molar-refractivity contribution < 1.29 is 82.3 Å². The number of likely N-dealkylation sites (N-methyl/N-ethyl adjacent to an activating group) is 1. The van der Waals surface area contributed by atoms with Gasteiger partial charge in [-0.1, -0.05) is 71.4 Å². The van der Waals surface area contributed by atoms with Crippen LogP contribution in [-0.4, -0.2) is 182 Å². The molecule has 0 aliphatic carbocycles. The minimum absolute atomic E-state index is 0.0444. The van der Waals surface area contributed by atoms with Crippen LogP contribution < -0.4 is 21.1 Å². The Morgan fingerprint density at radius 1 is 0.953 bits per heavy atom. The molecule has 24 heteroatoms. The number of aromatic nitrogens is 1. The quantitative estimate of drug-likeness (QED) is 0.0275. The highest BCUT2D eigenvalue weighted by molar-refractivity contribution is 7.09. The van der Waals surface area contributed by atoms with Gasteiger partial charge in [-0.25, -0.2) is 4.98 Å². The number of hydrogen-bond acceptors (Lipinski definition) is 18. The Kier molecular flexibility index (Phi) is 24.8. The number of rotatable bonds is 31. The Morgan fingerprint density at radius 3 is 2.29 bits per heavy atom. The first-order valence-electron chi connectivity index (χ1n) is 29.6. The number of Topliss-reactive ketones (excluding diaryl/α,β-unsaturated/α-hetero) is 2. The topological polar surface area (TPSA) is 332 Å². The lowest BCUT2D eigenvalue weighted by Gasteiger charge is -2.45. The number of piperidine rings is 1. The van der Waals surface area contributed by atoms with Gasteiger partial charge in [0, 0.05) is 106 Å². The summed E-state index contributed by atoms with van der Waals surface area (Å²) in [5, 5.41) is 48.5. The van der Waals surface area contributed by atoms with E-state index in [9.17, 15) is 54.0 Å². The molecule has 3 aliphatic rings. The van der Waals surface area contributed by atoms with Gasteiger partial charge in [-0.05, 0) is 61.3 Å². The van der Waals surface area contributed by atoms with E-state index in [1.807, 2.05) is 65.1 Å². The molecule has 3 unspecified atom stereocenters. The molecule has 3 aliphatic heterocycles. The summed E-state index contributed by atoms with van der Waals surface area (Å²) in [4.78, 5) is 127. The molecule has 0 saturated carbocycles. The number of hydrogen-bond donors (Lipinski definition) is 7. The number of benzene rings is 2. The normalized spacial score (nSPS) is 22.9. The molecule has 86 heavy (non-hydrogen) atoms. The minimum atomic E-state index is -1.64. The molecule has 3 aromatic rings. The number of amides is 5. The molecule has 0 spiro atoms. The number of carbonyl (C=O) groups excluding carboxylic acids is 8. The molecule has 2 saturated heterocycles. The number of esters is 1. The van der Waals surface area contributed by atoms with Gasteiger partial charge in [0.1, 0.15) is 59.2 Å². The van der Waals surface area contributed by atoms with Crippen molar-refractivity contribution in [2.75, 3.05) is 40.3 Å². The molecule has 0 bridgehead atoms. The lowest BCUT2D eigenvalue weighted by atomic mass is 9.82. The first-order valence-corrected chi connectivity index (χ1v) is 30.5. The van der Waals surface area contributed by atoms with E-state index in [1.54, 1.807) is 42.5 Å². The van der Waals surface area contributed by atoms with E-state index in [0.29, 0.717) is 42.9 Å². The number of carbonyl (C=O) groups is 9. The molecular weight excluding hydrogens is 1130 g/mol. The van der Waals surface area contributed by atoms with E-state index in [4.69, 9.17) is 19.9 Å². The summed E-state index contributed by atoms with van der Waals surface area (Å²) in [7, 11) is 3.69. The molecule has 6 rings (SSSR count). The number of likely N-dealkylation sites (tertiary alicyclic amines) is 1. The largest absolute Gasteiger partial charge is 0.481 e. The number of imide groups is 1. The predicted molar refractivity (Wildman–Crippen MR) is 315 cm³/mol. The average molecular weight is 1220 g/mol. The maximum atomic E-state index is 15.0. The maximum Gasteiger partial charge on any atom is 0.306 e. The van der Waals surface area contributed by atoms with Gasteiger partial charge in [-0.3, -0.25) is 48.1 Å². The van der Waals surface area contributed by atoms with Crippen molar-refractivity contribution in [2.45, 2.75) is 167 Å². The van der Waals surface area contributed by atoms with E-state index in [0.717, 1.165) is 52.4 Å². The van der Waals surface area contributed by atoms with E-state index in [-0.39, 0.29) is 97.0 Å². The van der Waals surface area contributed by atoms with Crippen LogP contribution in [0.2, 0.25) is 0 Å². The van der Waals surface area contributed by atoms with Crippen molar-refractivity contribution in [3.8, 4) is 5.75 Å². The van der Waals surface area contributed by atoms with Crippen molar-refractivity contribution in [3.05, 3.63) is 93.5 Å². The van der Waals surface area contributed by atoms with Gasteiger partial charge in [0.2, 0.25) is 18.1 Å². The monoisotopic (exact) mass is 1220 g/mol. The van der Waals surface area contributed by atoms with Crippen LogP contribution in [0.1, 0.15) is 131 Å². The van der Waals surface area contributed by atoms with Crippen molar-refractivity contribution in [2.24, 2.45) is 29.4 Å². The molecule has 2 fully saturated rings. The highest BCUT2D eigenvalue weighted by Gasteiger charge is 2.45. The van der Waals surface area contributed by atoms with Crippen molar-refractivity contribution in [1.82, 2.24) is 25.4 Å². The number of carboxylic acid groups (broad SMARTS) is 1. The fraction of sp³-hybridized carbons (Fsp3) is 0.581. The fourth-order valence-electron chi connectivity index (χ4n) is 11.7. The summed E-state index contributed by atoms with van der Waals surface area (Å²) in [6.07, 6.45) is -1.88. The molecule has 2 aromatic carbocycles. The van der Waals surface area contributed by atoms with Crippen molar-refractivity contribution in [3.63, 3.8) is 0 Å². The smallest absolute Gasteiger partial charge is 0.306 e. The van der Waals surface area contributed by atoms with E-state index >= 15 is 9.59 Å². The molecule has 23 nitrogen and oxygen atoms in total. The van der Waals surface area contributed by atoms with Crippen LogP contribution in [0.3, 0.4) is 0 Å². The van der Waals surface area contributed by atoms with Gasteiger partial charge in [0.05, 0.1) is 26.1 Å². The van der Waals surface area contributed by atoms with Gasteiger partial charge in [0.15, 0.2) is 11.9 Å². The molecule has 5 amide bonds. The van der Waals surface area contributed by atoms with Crippen LogP contribution >= 0.6 is 11.3 Å². The van der Waals surface area contributed by atoms with Gasteiger partial charge >= 0.3 is 11.9 Å². The summed E-state index contributed by atoms with van der Waals surface area (Å²) in [5.74, 6) is -6.55. The summed E-state index contributed by atoms with van der Waals surface area (Å²) in [5.41, 5.74) is 7.86. The Hall–Kier alpha value is -6.80. The Morgan fingerprint density at radius 2 is 1.65 bits per heavy atom. The van der Waals surface area contributed by atoms with Crippen LogP contribution in [0.4, 0.5) is 0 Å². The van der Waals surface area contributed by atoms with Gasteiger partial charge < -0.3 is 60.4 Å². The van der Waals surface area contributed by atoms with Crippen LogP contribution in [0.5, 0.6) is 5.75 Å². The first kappa shape index (κ1) is 68.3. The number of thiazole rings is 1. The lowest BCUT2D eigenvalue weighted by molar-refractivity contribution is -0.941. The minimum Gasteiger partial charge on any atom is -0.481 e. The third-order valence-corrected chi connectivity index (χ3v) is 17.8. The average Bonchev–Trinajstić information content (AvgIpc) is 3.28. The number of ketones is 2. The summed E-state index contributed by atoms with van der Waals surface area (Å²) >= 11 is 1.13. The fourth-order valence-corrected chi connectivity index (χ4v) is 12.5. The number of nitrogens with zero attached hydrogens (tertiary/aromatic N) is 4. The van der Waals surface area contributed by atoms with Crippen LogP contribution in [0.15, 0.2) is 66.1 Å². The number of aliphatic hydroxyl groups is 3. The zero-order chi connectivity index (χ0) is 63.2. The third kappa shape index (κ3) is 17.9. The van der Waals surface area contributed by atoms with Crippen molar-refractivity contribution >= 4 is 64.4 Å². The SMILES string of the molecule is CC[C@H](C)[C@H](CC(=O)[C@H]1CCCC[N+]1(C)Cc1ccc(O[C@@H]2OCC(O)[C@H](O)C2O)c(CC(=O)CCNC(=O)[C@H](CN)N2C(=O)C=CC2=O)c1)C(=O)N(C)[C@H](C[C@@H](OC(C)=O)c1nc(C(=O)N[C@@H](Cc2ccccc2)C[C@H](C)C(=O)O)cs1)C(C)C. The third-order valence-electron chi connectivity index (χ3n) is 16.9. The summed E-state index contributed by atoms with van der Waals surface area (Å²) in [6, 6.07) is 11.7. The highest BCUT2D eigenvalue weighted by Crippen LogP contribution is 2.36. The molecular formula is C62H86N7O16S+. The molecule has 4 heterocycles. The number of ether oxygens (including phenoxy) is 3. The number of aliphatic carboxylic acids is 1. The highest BCUT2D eigenvalue weighted by atomic mass is 32.1. The lowest BCUT2D eigenvalue weighted by Crippen LogP contribution is -2.58. The molecule has 470 valence electrons. The second kappa shape index (κ2) is 31.2. The van der Waals surface area contributed by atoms with Crippen LogP contribution in [0.25, 0.3) is 0 Å². The molecule has 1 aromatic heterocycles. The van der Waals surface area contributed by atoms with E-state index in [2.05, 4.69) is 15.6 Å². The second-order valence-corrected chi connectivity index (χ2v) is 24.6. The standard InChI is InChI=1S/C62H85N7O16S/c1-9-36(4)44(60(80)67(7)46(35(2)3)30-52(84-38(6)70)59-66-45(34-86-59)57(78)65-42(25-37(5)61(81)82)27-39-15-11-10-12-16-39)29-49(72)48-17-13-14-24-69(48,8)32-40-18-19-51(85-62-56(77)55(76)50(73)33-83-62)41(26-40)28-43(71)22-23-64-58(79)47(31-63)68-53(74)20-21-54(68)75/h10-12,15-16,18-21,26,34-37,42,44,46-48,50,52,55-56,62,73,76-77H,9,13-14,17,22-25,27-33,63H2,1-8H3,(H2-,64,65,78,79,81,82)/p+1/t36-,37-,42+,44-,46+,47-,48+,50?,52+,55-,56?,62-,69?/m0/s1. The zero-order valence-corrected chi connectivity index (χ0v) is 51.2. The summed E-state index contributed by atoms with van der Waals surface area (Å²) < 4.78 is 17.8. The number of nitrogens with one attached hydrogen (secondary N) is 2. The molecule has 13 atom stereocenters. The zero-order valence-electron chi connectivity index (χ0n) is 50.4. The van der Waals surface area contributed by atoms with Gasteiger partial charge in [0.25, 0.3) is 17.7 Å². The first-order chi connectivity index (χ1) is 40.7. The van der Waals surface area contributed by atoms with Crippen molar-refractivity contribution in [1.29, 1.82) is 0 Å². The van der Waals surface area contributed by atoms with E-state index in [1.165, 1.54) is 6.92 Å². The van der Waals surface area contributed by atoms with Gasteiger partial charge in [-0.15, -0.1) is 11.3 Å². The van der Waals surface area contributed by atoms with E-state index < -0.39 is 102 Å². The molecule has 8 N–H and O–H groups in total. The van der Waals surface area contributed by atoms with Crippen LogP contribution in [0, 0.1) is 23.7 Å². The Balaban J connectivity index is 1.18. The second-order valence-electron chi connectivity index (χ2n) is 23.7. The molecule has 0 radical (unpaired) electrons. The maximum absolute atomic E-state index is 15.0. The number of quaternary nitrogens is 1.